The van der Waals surface area contributed by atoms with Crippen LogP contribution in [-0.2, 0) is 16.6 Å². The van der Waals surface area contributed by atoms with Gasteiger partial charge in [0.15, 0.2) is 0 Å². The molecule has 0 N–H and O–H groups in total. The summed E-state index contributed by atoms with van der Waals surface area (Å²) >= 11 is 1.50. The van der Waals surface area contributed by atoms with Crippen molar-refractivity contribution < 1.29 is 9.53 Å². The molecule has 84 valence electrons. The van der Waals surface area contributed by atoms with E-state index in [2.05, 4.69) is 5.10 Å². The molecule has 5 heteroatoms. The van der Waals surface area contributed by atoms with Gasteiger partial charge in [0.1, 0.15) is 5.25 Å². The molecule has 0 aliphatic rings. The van der Waals surface area contributed by atoms with Crippen LogP contribution in [0.15, 0.2) is 17.3 Å². The van der Waals surface area contributed by atoms with Gasteiger partial charge in [-0.25, -0.2) is 0 Å². The van der Waals surface area contributed by atoms with E-state index < -0.39 is 0 Å². The average Bonchev–Trinajstić information content (AvgIpc) is 2.61. The number of nitrogens with zero attached hydrogens (tertiary/aromatic N) is 2. The van der Waals surface area contributed by atoms with Crippen LogP contribution in [0.1, 0.15) is 20.3 Å². The topological polar surface area (TPSA) is 44.1 Å². The molecule has 0 fully saturated rings. The third-order valence-electron chi connectivity index (χ3n) is 1.88. The lowest BCUT2D eigenvalue weighted by atomic mass is 10.3. The third kappa shape index (κ3) is 3.58. The zero-order valence-corrected chi connectivity index (χ0v) is 10.1. The molecule has 1 heterocycles. The summed E-state index contributed by atoms with van der Waals surface area (Å²) in [4.78, 5) is 12.5. The summed E-state index contributed by atoms with van der Waals surface area (Å²) in [6, 6.07) is 0. The van der Waals surface area contributed by atoms with Gasteiger partial charge < -0.3 is 4.74 Å². The molecule has 0 aliphatic carbocycles. The lowest BCUT2D eigenvalue weighted by molar-refractivity contribution is -0.142. The maximum Gasteiger partial charge on any atom is 0.319 e. The molecule has 1 unspecified atom stereocenters. The molecule has 0 bridgehead atoms. The molecule has 0 spiro atoms. The quantitative estimate of drug-likeness (QED) is 0.570. The van der Waals surface area contributed by atoms with Gasteiger partial charge in [0.05, 0.1) is 12.8 Å². The highest BCUT2D eigenvalue weighted by atomic mass is 32.2. The highest BCUT2D eigenvalue weighted by Gasteiger charge is 2.19. The van der Waals surface area contributed by atoms with Gasteiger partial charge in [0.2, 0.25) is 0 Å². The van der Waals surface area contributed by atoms with Gasteiger partial charge in [0.25, 0.3) is 0 Å². The van der Waals surface area contributed by atoms with Crippen molar-refractivity contribution in [2.45, 2.75) is 30.4 Å². The number of hydrogen-bond acceptors (Lipinski definition) is 4. The molecule has 0 saturated carbocycles. The highest BCUT2D eigenvalue weighted by Crippen LogP contribution is 2.25. The summed E-state index contributed by atoms with van der Waals surface area (Å²) in [5.74, 6) is -0.145. The fourth-order valence-corrected chi connectivity index (χ4v) is 2.14. The van der Waals surface area contributed by atoms with Crippen molar-refractivity contribution in [1.29, 1.82) is 0 Å². The number of aryl methyl sites for hydroxylation is 1. The molecule has 1 aromatic heterocycles. The van der Waals surface area contributed by atoms with Crippen LogP contribution in [0, 0.1) is 0 Å². The molecule has 0 amide bonds. The molecule has 0 aliphatic heterocycles. The molecule has 1 aromatic rings. The third-order valence-corrected chi connectivity index (χ3v) is 3.17. The summed E-state index contributed by atoms with van der Waals surface area (Å²) in [6.45, 7) is 4.23. The number of thioether (sulfide) groups is 1. The van der Waals surface area contributed by atoms with Crippen LogP contribution >= 0.6 is 11.8 Å². The zero-order chi connectivity index (χ0) is 11.3. The van der Waals surface area contributed by atoms with Crippen LogP contribution in [0.25, 0.3) is 0 Å². The van der Waals surface area contributed by atoms with Crippen molar-refractivity contribution in [3.63, 3.8) is 0 Å². The minimum atomic E-state index is -0.145. The SMILES string of the molecule is CCOC(=O)C(CC)Sc1cnn(C)c1. The Morgan fingerprint density at radius 2 is 2.40 bits per heavy atom. The minimum Gasteiger partial charge on any atom is -0.465 e. The van der Waals surface area contributed by atoms with Crippen molar-refractivity contribution in [1.82, 2.24) is 9.78 Å². The normalized spacial score (nSPS) is 12.5. The number of aromatic nitrogens is 2. The Bertz CT molecular complexity index is 325. The van der Waals surface area contributed by atoms with E-state index in [4.69, 9.17) is 4.74 Å². The first-order valence-electron chi connectivity index (χ1n) is 4.99. The van der Waals surface area contributed by atoms with Gasteiger partial charge in [-0.15, -0.1) is 11.8 Å². The smallest absolute Gasteiger partial charge is 0.319 e. The summed E-state index contributed by atoms with van der Waals surface area (Å²) in [5.41, 5.74) is 0. The number of carbonyl (C=O) groups excluding carboxylic acids is 1. The lowest BCUT2D eigenvalue weighted by Crippen LogP contribution is -2.19. The first-order valence-corrected chi connectivity index (χ1v) is 5.87. The summed E-state index contributed by atoms with van der Waals surface area (Å²) < 4.78 is 6.71. The van der Waals surface area contributed by atoms with E-state index in [0.717, 1.165) is 11.3 Å². The maximum atomic E-state index is 11.5. The Balaban J connectivity index is 2.57. The molecule has 1 atom stereocenters. The fourth-order valence-electron chi connectivity index (χ4n) is 1.16. The van der Waals surface area contributed by atoms with Gasteiger partial charge in [-0.1, -0.05) is 6.92 Å². The Hall–Kier alpha value is -0.970. The van der Waals surface area contributed by atoms with Gasteiger partial charge in [0, 0.05) is 18.1 Å². The van der Waals surface area contributed by atoms with Gasteiger partial charge in [-0.05, 0) is 13.3 Å². The van der Waals surface area contributed by atoms with E-state index in [1.807, 2.05) is 27.1 Å². The monoisotopic (exact) mass is 228 g/mol. The van der Waals surface area contributed by atoms with Crippen LogP contribution in [0.3, 0.4) is 0 Å². The van der Waals surface area contributed by atoms with Crippen LogP contribution in [0.4, 0.5) is 0 Å². The second-order valence-corrected chi connectivity index (χ2v) is 4.39. The maximum absolute atomic E-state index is 11.5. The van der Waals surface area contributed by atoms with Crippen LogP contribution in [-0.4, -0.2) is 27.6 Å². The largest absolute Gasteiger partial charge is 0.465 e. The zero-order valence-electron chi connectivity index (χ0n) is 9.27. The van der Waals surface area contributed by atoms with Crippen molar-refractivity contribution in [3.05, 3.63) is 12.4 Å². The second kappa shape index (κ2) is 5.80. The second-order valence-electron chi connectivity index (χ2n) is 3.12. The molecule has 1 rings (SSSR count). The predicted octanol–water partition coefficient (Wildman–Crippen LogP) is 1.85. The predicted molar refractivity (Wildman–Crippen MR) is 59.8 cm³/mol. The van der Waals surface area contributed by atoms with Crippen molar-refractivity contribution in [2.24, 2.45) is 7.05 Å². The van der Waals surface area contributed by atoms with E-state index in [0.29, 0.717) is 6.61 Å². The summed E-state index contributed by atoms with van der Waals surface area (Å²) in [6.07, 6.45) is 4.41. The molecule has 0 radical (unpaired) electrons. The highest BCUT2D eigenvalue weighted by molar-refractivity contribution is 8.00. The molecular formula is C10H16N2O2S. The van der Waals surface area contributed by atoms with E-state index in [1.54, 1.807) is 10.9 Å². The Morgan fingerprint density at radius 3 is 2.87 bits per heavy atom. The van der Waals surface area contributed by atoms with E-state index in [9.17, 15) is 4.79 Å². The lowest BCUT2D eigenvalue weighted by Gasteiger charge is -2.11. The number of carbonyl (C=O) groups is 1. The molecule has 4 nitrogen and oxygen atoms in total. The van der Waals surface area contributed by atoms with E-state index in [-0.39, 0.29) is 11.2 Å². The van der Waals surface area contributed by atoms with Gasteiger partial charge >= 0.3 is 5.97 Å². The van der Waals surface area contributed by atoms with Crippen LogP contribution in [0.5, 0.6) is 0 Å². The Labute approximate surface area is 94.0 Å². The standard InChI is InChI=1S/C10H16N2O2S/c1-4-9(10(13)14-5-2)15-8-6-11-12(3)7-8/h6-7,9H,4-5H2,1-3H3. The molecule has 0 aromatic carbocycles. The Morgan fingerprint density at radius 1 is 1.67 bits per heavy atom. The minimum absolute atomic E-state index is 0.130. The molecule has 15 heavy (non-hydrogen) atoms. The average molecular weight is 228 g/mol. The molecular weight excluding hydrogens is 212 g/mol. The van der Waals surface area contributed by atoms with Crippen LogP contribution < -0.4 is 0 Å². The number of rotatable bonds is 5. The van der Waals surface area contributed by atoms with E-state index >= 15 is 0 Å². The summed E-state index contributed by atoms with van der Waals surface area (Å²) in [7, 11) is 1.86. The fraction of sp³-hybridized carbons (Fsp3) is 0.600. The van der Waals surface area contributed by atoms with Crippen molar-refractivity contribution in [3.8, 4) is 0 Å². The number of esters is 1. The Kier molecular flexibility index (Phi) is 4.68. The first-order chi connectivity index (χ1) is 7.17. The van der Waals surface area contributed by atoms with Gasteiger partial charge in [-0.2, -0.15) is 5.10 Å². The van der Waals surface area contributed by atoms with Crippen molar-refractivity contribution in [2.75, 3.05) is 6.61 Å². The first kappa shape index (κ1) is 12.1. The number of hydrogen-bond donors (Lipinski definition) is 0. The molecule has 0 saturated heterocycles. The van der Waals surface area contributed by atoms with Crippen molar-refractivity contribution >= 4 is 17.7 Å². The van der Waals surface area contributed by atoms with Crippen LogP contribution in [0.2, 0.25) is 0 Å². The number of ether oxygens (including phenoxy) is 1. The summed E-state index contributed by atoms with van der Waals surface area (Å²) in [5, 5.41) is 3.92. The van der Waals surface area contributed by atoms with Gasteiger partial charge in [-0.3, -0.25) is 9.48 Å². The van der Waals surface area contributed by atoms with E-state index in [1.165, 1.54) is 11.8 Å².